The fourth-order valence-electron chi connectivity index (χ4n) is 2.82. The van der Waals surface area contributed by atoms with Crippen LogP contribution in [-0.2, 0) is 11.3 Å². The number of rotatable bonds is 6. The molecule has 10 heteroatoms. The zero-order valence-corrected chi connectivity index (χ0v) is 17.0. The average molecular weight is 440 g/mol. The van der Waals surface area contributed by atoms with Gasteiger partial charge in [-0.05, 0) is 36.8 Å². The summed E-state index contributed by atoms with van der Waals surface area (Å²) in [5, 5.41) is 10.3. The minimum absolute atomic E-state index is 0.0395. The molecule has 3 aromatic rings. The third-order valence-corrected chi connectivity index (χ3v) is 5.19. The molecule has 0 unspecified atom stereocenters. The Morgan fingerprint density at radius 2 is 2.07 bits per heavy atom. The van der Waals surface area contributed by atoms with E-state index >= 15 is 0 Å². The Hall–Kier alpha value is -2.26. The number of nitrogens with zero attached hydrogens (tertiary/aromatic N) is 2. The second kappa shape index (κ2) is 8.40. The molecular formula is C18H15Cl2N3O4S. The summed E-state index contributed by atoms with van der Waals surface area (Å²) in [7, 11) is 1.58. The van der Waals surface area contributed by atoms with Gasteiger partial charge in [0, 0.05) is 25.8 Å². The lowest BCUT2D eigenvalue weighted by Gasteiger charge is -2.13. The fraction of sp³-hybridized carbons (Fsp3) is 0.222. The number of carboxylic acid groups (broad SMARTS) is 1. The number of aromatic amines is 1. The molecule has 0 radical (unpaired) electrons. The molecule has 0 aliphatic rings. The molecule has 0 atom stereocenters. The first kappa shape index (κ1) is 20.5. The van der Waals surface area contributed by atoms with Gasteiger partial charge in [-0.2, -0.15) is 0 Å². The Morgan fingerprint density at radius 3 is 2.71 bits per heavy atom. The first-order valence-corrected chi connectivity index (χ1v) is 9.35. The van der Waals surface area contributed by atoms with Crippen LogP contribution in [0.1, 0.15) is 16.8 Å². The van der Waals surface area contributed by atoms with E-state index in [2.05, 4.69) is 9.97 Å². The lowest BCUT2D eigenvalue weighted by Crippen LogP contribution is -2.19. The molecule has 0 amide bonds. The smallest absolute Gasteiger partial charge is 0.336 e. The molecule has 0 aliphatic heterocycles. The van der Waals surface area contributed by atoms with E-state index < -0.39 is 11.5 Å². The van der Waals surface area contributed by atoms with Gasteiger partial charge in [0.1, 0.15) is 5.65 Å². The van der Waals surface area contributed by atoms with Crippen LogP contribution in [0, 0.1) is 4.77 Å². The van der Waals surface area contributed by atoms with Gasteiger partial charge in [-0.1, -0.05) is 29.3 Å². The second-order valence-corrected chi connectivity index (χ2v) is 7.15. The summed E-state index contributed by atoms with van der Waals surface area (Å²) >= 11 is 17.3. The van der Waals surface area contributed by atoms with Gasteiger partial charge in [0.05, 0.1) is 26.7 Å². The van der Waals surface area contributed by atoms with Crippen molar-refractivity contribution < 1.29 is 14.6 Å². The summed E-state index contributed by atoms with van der Waals surface area (Å²) in [6, 6.07) is 6.18. The number of ether oxygens (including phenoxy) is 1. The predicted octanol–water partition coefficient (Wildman–Crippen LogP) is 4.16. The standard InChI is InChI=1S/C18H15Cl2N3O4S/c1-27-6-2-5-23-15-14(16(24)22-18(23)28)10(17(25)26)8-13(21-15)9-3-4-11(19)12(20)7-9/h3-4,7-8H,2,5-6H2,1H3,(H,25,26)(H,22,24,28). The van der Waals surface area contributed by atoms with Gasteiger partial charge in [-0.25, -0.2) is 9.78 Å². The topological polar surface area (TPSA) is 97.2 Å². The minimum atomic E-state index is -1.25. The monoisotopic (exact) mass is 439 g/mol. The Bertz CT molecular complexity index is 1190. The molecule has 0 spiro atoms. The molecule has 0 saturated heterocycles. The van der Waals surface area contributed by atoms with E-state index in [-0.39, 0.29) is 21.4 Å². The summed E-state index contributed by atoms with van der Waals surface area (Å²) in [6.45, 7) is 0.873. The maximum absolute atomic E-state index is 12.5. The quantitative estimate of drug-likeness (QED) is 0.441. The first-order chi connectivity index (χ1) is 13.3. The highest BCUT2D eigenvalue weighted by molar-refractivity contribution is 7.71. The van der Waals surface area contributed by atoms with Gasteiger partial charge < -0.3 is 14.4 Å². The number of hydrogen-bond donors (Lipinski definition) is 2. The summed E-state index contributed by atoms with van der Waals surface area (Å²) in [5.74, 6) is -1.25. The van der Waals surface area contributed by atoms with E-state index in [1.165, 1.54) is 6.07 Å². The largest absolute Gasteiger partial charge is 0.478 e. The van der Waals surface area contributed by atoms with Crippen LogP contribution in [0.25, 0.3) is 22.3 Å². The van der Waals surface area contributed by atoms with Crippen molar-refractivity contribution in [1.29, 1.82) is 0 Å². The molecule has 0 fully saturated rings. The van der Waals surface area contributed by atoms with Gasteiger partial charge in [0.15, 0.2) is 4.77 Å². The Balaban J connectivity index is 2.34. The van der Waals surface area contributed by atoms with Crippen molar-refractivity contribution in [2.45, 2.75) is 13.0 Å². The number of halogens is 2. The van der Waals surface area contributed by atoms with Gasteiger partial charge in [-0.3, -0.25) is 9.78 Å². The molecule has 0 saturated carbocycles. The predicted molar refractivity (Wildman–Crippen MR) is 110 cm³/mol. The Morgan fingerprint density at radius 1 is 1.32 bits per heavy atom. The Kier molecular flexibility index (Phi) is 6.14. The van der Waals surface area contributed by atoms with Gasteiger partial charge in [-0.15, -0.1) is 0 Å². The van der Waals surface area contributed by atoms with Gasteiger partial charge in [0.25, 0.3) is 5.56 Å². The summed E-state index contributed by atoms with van der Waals surface area (Å²) in [6.07, 6.45) is 0.604. The number of benzene rings is 1. The molecule has 7 nitrogen and oxygen atoms in total. The van der Waals surface area contributed by atoms with Crippen molar-refractivity contribution in [1.82, 2.24) is 14.5 Å². The van der Waals surface area contributed by atoms with E-state index in [1.54, 1.807) is 29.9 Å². The Labute approximate surface area is 174 Å². The molecule has 3 rings (SSSR count). The fourth-order valence-corrected chi connectivity index (χ4v) is 3.39. The molecule has 2 heterocycles. The van der Waals surface area contributed by atoms with Crippen molar-refractivity contribution >= 4 is 52.4 Å². The van der Waals surface area contributed by atoms with Crippen LogP contribution >= 0.6 is 35.4 Å². The average Bonchev–Trinajstić information content (AvgIpc) is 2.65. The molecular weight excluding hydrogens is 425 g/mol. The lowest BCUT2D eigenvalue weighted by molar-refractivity contribution is 0.0699. The third kappa shape index (κ3) is 3.95. The van der Waals surface area contributed by atoms with E-state index in [9.17, 15) is 14.7 Å². The molecule has 146 valence electrons. The highest BCUT2D eigenvalue weighted by atomic mass is 35.5. The van der Waals surface area contributed by atoms with Crippen molar-refractivity contribution in [3.63, 3.8) is 0 Å². The molecule has 2 N–H and O–H groups in total. The van der Waals surface area contributed by atoms with Crippen LogP contribution in [0.3, 0.4) is 0 Å². The zero-order chi connectivity index (χ0) is 20.4. The van der Waals surface area contributed by atoms with Crippen LogP contribution in [0.5, 0.6) is 0 Å². The third-order valence-electron chi connectivity index (χ3n) is 4.12. The van der Waals surface area contributed by atoms with Crippen LogP contribution in [0.4, 0.5) is 0 Å². The van der Waals surface area contributed by atoms with Crippen molar-refractivity contribution in [3.8, 4) is 11.3 Å². The first-order valence-electron chi connectivity index (χ1n) is 8.19. The highest BCUT2D eigenvalue weighted by Gasteiger charge is 2.19. The van der Waals surface area contributed by atoms with E-state index in [0.717, 1.165) is 0 Å². The second-order valence-electron chi connectivity index (χ2n) is 5.94. The van der Waals surface area contributed by atoms with Crippen LogP contribution in [0.2, 0.25) is 10.0 Å². The maximum atomic E-state index is 12.5. The number of pyridine rings is 1. The van der Waals surface area contributed by atoms with E-state index in [4.69, 9.17) is 40.2 Å². The molecule has 0 bridgehead atoms. The van der Waals surface area contributed by atoms with Gasteiger partial charge in [0.2, 0.25) is 0 Å². The molecule has 0 aliphatic carbocycles. The number of aryl methyl sites for hydroxylation is 1. The SMILES string of the molecule is COCCCn1c(=S)[nH]c(=O)c2c(C(=O)O)cc(-c3ccc(Cl)c(Cl)c3)nc21. The van der Waals surface area contributed by atoms with Crippen molar-refractivity contribution in [2.24, 2.45) is 0 Å². The summed E-state index contributed by atoms with van der Waals surface area (Å²) < 4.78 is 6.81. The zero-order valence-electron chi connectivity index (χ0n) is 14.7. The maximum Gasteiger partial charge on any atom is 0.336 e. The van der Waals surface area contributed by atoms with Crippen LogP contribution < -0.4 is 5.56 Å². The number of methoxy groups -OCH3 is 1. The molecule has 2 aromatic heterocycles. The van der Waals surface area contributed by atoms with Crippen LogP contribution in [-0.4, -0.2) is 39.3 Å². The number of carbonyl (C=O) groups is 1. The van der Waals surface area contributed by atoms with Crippen molar-refractivity contribution in [3.05, 3.63) is 55.0 Å². The highest BCUT2D eigenvalue weighted by Crippen LogP contribution is 2.29. The lowest BCUT2D eigenvalue weighted by atomic mass is 10.1. The van der Waals surface area contributed by atoms with E-state index in [0.29, 0.717) is 40.9 Å². The van der Waals surface area contributed by atoms with Crippen molar-refractivity contribution in [2.75, 3.05) is 13.7 Å². The number of H-pyrrole nitrogens is 1. The van der Waals surface area contributed by atoms with Gasteiger partial charge >= 0.3 is 5.97 Å². The summed E-state index contributed by atoms with van der Waals surface area (Å²) in [5.41, 5.74) is 0.305. The minimum Gasteiger partial charge on any atom is -0.478 e. The summed E-state index contributed by atoms with van der Waals surface area (Å²) in [4.78, 5) is 31.3. The number of fused-ring (bicyclic) bond motifs is 1. The normalized spacial score (nSPS) is 11.1. The molecule has 28 heavy (non-hydrogen) atoms. The number of nitrogens with one attached hydrogen (secondary N) is 1. The molecule has 1 aromatic carbocycles. The van der Waals surface area contributed by atoms with E-state index in [1.807, 2.05) is 0 Å². The number of aromatic carboxylic acids is 1. The number of aromatic nitrogens is 3. The number of hydrogen-bond acceptors (Lipinski definition) is 5. The van der Waals surface area contributed by atoms with Crippen LogP contribution in [0.15, 0.2) is 29.1 Å². The number of carboxylic acids is 1.